The molecule has 104 valence electrons. The van der Waals surface area contributed by atoms with Crippen molar-refractivity contribution in [2.24, 2.45) is 0 Å². The third-order valence-electron chi connectivity index (χ3n) is 3.14. The second kappa shape index (κ2) is 5.00. The van der Waals surface area contributed by atoms with Crippen LogP contribution in [0.5, 0.6) is 5.75 Å². The van der Waals surface area contributed by atoms with Crippen molar-refractivity contribution < 1.29 is 4.74 Å². The quantitative estimate of drug-likeness (QED) is 0.892. The second-order valence-corrected chi connectivity index (χ2v) is 5.18. The maximum absolute atomic E-state index is 6.33. The van der Waals surface area contributed by atoms with E-state index in [1.807, 2.05) is 0 Å². The van der Waals surface area contributed by atoms with Crippen LogP contribution in [0.1, 0.15) is 5.56 Å². The van der Waals surface area contributed by atoms with E-state index in [1.165, 1.54) is 0 Å². The summed E-state index contributed by atoms with van der Waals surface area (Å²) in [6, 6.07) is 3.46. The van der Waals surface area contributed by atoms with Crippen LogP contribution in [0.15, 0.2) is 12.1 Å². The number of fused-ring (bicyclic) bond motifs is 1. The van der Waals surface area contributed by atoms with Gasteiger partial charge in [-0.15, -0.1) is 0 Å². The zero-order valence-corrected chi connectivity index (χ0v) is 12.2. The van der Waals surface area contributed by atoms with Crippen LogP contribution >= 0.6 is 23.2 Å². The number of rotatable bonds is 2. The molecule has 20 heavy (non-hydrogen) atoms. The Morgan fingerprint density at radius 2 is 2.05 bits per heavy atom. The van der Waals surface area contributed by atoms with Gasteiger partial charge in [-0.25, -0.2) is 4.98 Å². The first kappa shape index (κ1) is 13.3. The van der Waals surface area contributed by atoms with E-state index in [9.17, 15) is 0 Å². The Labute approximate surface area is 126 Å². The van der Waals surface area contributed by atoms with Gasteiger partial charge in [-0.2, -0.15) is 4.98 Å². The first-order valence-electron chi connectivity index (χ1n) is 6.06. The SMILES string of the molecule is CNc1cc(-c2c(Cl)cc(Cl)c3c2CCO3)nc(N)n1. The molecular formula is C13H12Cl2N4O. The monoisotopic (exact) mass is 310 g/mol. The van der Waals surface area contributed by atoms with Crippen molar-refractivity contribution in [2.75, 3.05) is 24.7 Å². The number of nitrogen functional groups attached to an aromatic ring is 1. The molecule has 1 aromatic heterocycles. The van der Waals surface area contributed by atoms with Gasteiger partial charge in [0.1, 0.15) is 11.6 Å². The molecule has 2 heterocycles. The Kier molecular flexibility index (Phi) is 3.31. The van der Waals surface area contributed by atoms with Crippen LogP contribution in [-0.2, 0) is 6.42 Å². The number of hydrogen-bond acceptors (Lipinski definition) is 5. The Hall–Kier alpha value is -1.72. The summed E-state index contributed by atoms with van der Waals surface area (Å²) in [6.07, 6.45) is 0.740. The number of anilines is 2. The standard InChI is InChI=1S/C13H12Cl2N4O/c1-17-10-5-9(18-13(16)19-10)11-6-2-3-20-12(6)8(15)4-7(11)14/h4-5H,2-3H2,1H3,(H3,16,17,18,19). The first-order chi connectivity index (χ1) is 9.60. The zero-order valence-electron chi connectivity index (χ0n) is 10.7. The third kappa shape index (κ3) is 2.13. The minimum absolute atomic E-state index is 0.186. The molecule has 5 nitrogen and oxygen atoms in total. The summed E-state index contributed by atoms with van der Waals surface area (Å²) < 4.78 is 5.55. The van der Waals surface area contributed by atoms with Crippen LogP contribution in [-0.4, -0.2) is 23.6 Å². The highest BCUT2D eigenvalue weighted by Crippen LogP contribution is 2.44. The lowest BCUT2D eigenvalue weighted by Gasteiger charge is -2.12. The minimum Gasteiger partial charge on any atom is -0.491 e. The van der Waals surface area contributed by atoms with Gasteiger partial charge in [-0.05, 0) is 6.07 Å². The number of hydrogen-bond donors (Lipinski definition) is 2. The fourth-order valence-electron chi connectivity index (χ4n) is 2.30. The Morgan fingerprint density at radius 3 is 2.80 bits per heavy atom. The number of ether oxygens (including phenoxy) is 1. The fourth-order valence-corrected chi connectivity index (χ4v) is 2.95. The van der Waals surface area contributed by atoms with Crippen LogP contribution in [0.3, 0.4) is 0 Å². The summed E-state index contributed by atoms with van der Waals surface area (Å²) in [6.45, 7) is 0.585. The molecule has 0 radical (unpaired) electrons. The van der Waals surface area contributed by atoms with Crippen LogP contribution in [0.2, 0.25) is 10.0 Å². The highest BCUT2D eigenvalue weighted by atomic mass is 35.5. The van der Waals surface area contributed by atoms with E-state index in [0.29, 0.717) is 33.9 Å². The van der Waals surface area contributed by atoms with Crippen molar-refractivity contribution in [3.05, 3.63) is 27.7 Å². The largest absolute Gasteiger partial charge is 0.491 e. The van der Waals surface area contributed by atoms with Gasteiger partial charge in [-0.1, -0.05) is 23.2 Å². The molecule has 0 amide bonds. The molecule has 0 saturated heterocycles. The van der Waals surface area contributed by atoms with Crippen LogP contribution in [0.25, 0.3) is 11.3 Å². The minimum atomic E-state index is 0.186. The lowest BCUT2D eigenvalue weighted by atomic mass is 10.0. The van der Waals surface area contributed by atoms with Gasteiger partial charge in [0, 0.05) is 30.7 Å². The summed E-state index contributed by atoms with van der Waals surface area (Å²) in [7, 11) is 1.77. The number of nitrogens with zero attached hydrogens (tertiary/aromatic N) is 2. The normalized spacial score (nSPS) is 12.9. The van der Waals surface area contributed by atoms with E-state index in [-0.39, 0.29) is 5.95 Å². The van der Waals surface area contributed by atoms with Crippen molar-refractivity contribution in [1.82, 2.24) is 9.97 Å². The smallest absolute Gasteiger partial charge is 0.222 e. The van der Waals surface area contributed by atoms with E-state index in [4.69, 9.17) is 33.7 Å². The summed E-state index contributed by atoms with van der Waals surface area (Å²) >= 11 is 12.5. The summed E-state index contributed by atoms with van der Waals surface area (Å²) in [5.74, 6) is 1.49. The fraction of sp³-hybridized carbons (Fsp3) is 0.231. The predicted molar refractivity (Wildman–Crippen MR) is 80.6 cm³/mol. The average molecular weight is 311 g/mol. The van der Waals surface area contributed by atoms with Crippen molar-refractivity contribution in [1.29, 1.82) is 0 Å². The number of benzene rings is 1. The van der Waals surface area contributed by atoms with Crippen LogP contribution in [0, 0.1) is 0 Å². The molecule has 1 aliphatic rings. The summed E-state index contributed by atoms with van der Waals surface area (Å²) in [5.41, 5.74) is 8.15. The second-order valence-electron chi connectivity index (χ2n) is 4.37. The van der Waals surface area contributed by atoms with Crippen molar-refractivity contribution >= 4 is 35.0 Å². The van der Waals surface area contributed by atoms with Crippen molar-refractivity contribution in [3.8, 4) is 17.0 Å². The number of halogens is 2. The molecule has 0 fully saturated rings. The van der Waals surface area contributed by atoms with Crippen LogP contribution < -0.4 is 15.8 Å². The Balaban J connectivity index is 2.25. The van der Waals surface area contributed by atoms with Gasteiger partial charge < -0.3 is 15.8 Å². The molecule has 0 saturated carbocycles. The number of aromatic nitrogens is 2. The molecule has 0 bridgehead atoms. The molecule has 2 aromatic rings. The van der Waals surface area contributed by atoms with Gasteiger partial charge in [0.05, 0.1) is 22.3 Å². The topological polar surface area (TPSA) is 73.1 Å². The van der Waals surface area contributed by atoms with Gasteiger partial charge in [-0.3, -0.25) is 0 Å². The first-order valence-corrected chi connectivity index (χ1v) is 6.82. The lowest BCUT2D eigenvalue weighted by Crippen LogP contribution is -2.02. The highest BCUT2D eigenvalue weighted by molar-refractivity contribution is 6.37. The highest BCUT2D eigenvalue weighted by Gasteiger charge is 2.24. The van der Waals surface area contributed by atoms with E-state index in [0.717, 1.165) is 17.5 Å². The molecule has 0 atom stereocenters. The Morgan fingerprint density at radius 1 is 1.25 bits per heavy atom. The number of nitrogens with one attached hydrogen (secondary N) is 1. The van der Waals surface area contributed by atoms with Gasteiger partial charge in [0.25, 0.3) is 0 Å². The molecule has 3 rings (SSSR count). The van der Waals surface area contributed by atoms with E-state index >= 15 is 0 Å². The molecule has 3 N–H and O–H groups in total. The molecule has 1 aliphatic heterocycles. The van der Waals surface area contributed by atoms with E-state index in [1.54, 1.807) is 19.2 Å². The number of nitrogens with two attached hydrogens (primary N) is 1. The Bertz CT molecular complexity index is 691. The average Bonchev–Trinajstić information content (AvgIpc) is 2.87. The van der Waals surface area contributed by atoms with Crippen LogP contribution in [0.4, 0.5) is 11.8 Å². The molecule has 1 aromatic carbocycles. The maximum atomic E-state index is 6.33. The molecule has 0 spiro atoms. The predicted octanol–water partition coefficient (Wildman–Crippen LogP) is 3.01. The molecular weight excluding hydrogens is 299 g/mol. The summed E-state index contributed by atoms with van der Waals surface area (Å²) in [5, 5.41) is 3.99. The lowest BCUT2D eigenvalue weighted by molar-refractivity contribution is 0.357. The van der Waals surface area contributed by atoms with Crippen molar-refractivity contribution in [3.63, 3.8) is 0 Å². The molecule has 0 aliphatic carbocycles. The van der Waals surface area contributed by atoms with Gasteiger partial charge in [0.15, 0.2) is 0 Å². The molecule has 7 heteroatoms. The van der Waals surface area contributed by atoms with Gasteiger partial charge >= 0.3 is 0 Å². The zero-order chi connectivity index (χ0) is 14.3. The molecule has 0 unspecified atom stereocenters. The third-order valence-corrected chi connectivity index (χ3v) is 3.72. The van der Waals surface area contributed by atoms with E-state index in [2.05, 4.69) is 15.3 Å². The van der Waals surface area contributed by atoms with Crippen molar-refractivity contribution in [2.45, 2.75) is 6.42 Å². The van der Waals surface area contributed by atoms with Gasteiger partial charge in [0.2, 0.25) is 5.95 Å². The summed E-state index contributed by atoms with van der Waals surface area (Å²) in [4.78, 5) is 8.34. The van der Waals surface area contributed by atoms with E-state index < -0.39 is 0 Å². The maximum Gasteiger partial charge on any atom is 0.222 e.